The highest BCUT2D eigenvalue weighted by Crippen LogP contribution is 2.22. The van der Waals surface area contributed by atoms with Crippen molar-refractivity contribution in [3.8, 4) is 0 Å². The fourth-order valence-electron chi connectivity index (χ4n) is 0.718. The molecule has 0 fully saturated rings. The van der Waals surface area contributed by atoms with E-state index in [0.29, 0.717) is 12.8 Å². The van der Waals surface area contributed by atoms with E-state index in [1.165, 1.54) is 0 Å². The summed E-state index contributed by atoms with van der Waals surface area (Å²) in [4.78, 5) is 0. The number of halogens is 2. The van der Waals surface area contributed by atoms with Crippen LogP contribution in [0.4, 0.5) is 8.78 Å². The monoisotopic (exact) mass is 202 g/mol. The Morgan fingerprint density at radius 2 is 1.75 bits per heavy atom. The van der Waals surface area contributed by atoms with Gasteiger partial charge in [0, 0.05) is 13.0 Å². The molecule has 1 N–H and O–H groups in total. The molecule has 0 amide bonds. The second-order valence-corrected chi connectivity index (χ2v) is 3.63. The maximum atomic E-state index is 12.3. The summed E-state index contributed by atoms with van der Waals surface area (Å²) in [5, 5.41) is 4.72. The van der Waals surface area contributed by atoms with Crippen molar-refractivity contribution >= 4 is 10.7 Å². The third kappa shape index (κ3) is 4.61. The van der Waals surface area contributed by atoms with Crippen molar-refractivity contribution in [2.75, 3.05) is 6.61 Å². The van der Waals surface area contributed by atoms with Crippen LogP contribution in [0.5, 0.6) is 0 Å². The van der Waals surface area contributed by atoms with E-state index in [1.807, 2.05) is 0 Å². The molecule has 0 aliphatic heterocycles. The normalized spacial score (nSPS) is 12.3. The number of alkyl halides is 2. The molecule has 12 heavy (non-hydrogen) atoms. The molecule has 0 aliphatic carbocycles. The predicted molar refractivity (Wildman–Crippen MR) is 40.8 cm³/mol. The van der Waals surface area contributed by atoms with Gasteiger partial charge >= 0.3 is 5.25 Å². The van der Waals surface area contributed by atoms with Gasteiger partial charge in [0.05, 0.1) is 0 Å². The lowest BCUT2D eigenvalue weighted by Gasteiger charge is -2.07. The lowest BCUT2D eigenvalue weighted by Crippen LogP contribution is -2.17. The smallest absolute Gasteiger partial charge is 0.343 e. The highest BCUT2D eigenvalue weighted by molar-refractivity contribution is 7.73. The summed E-state index contributed by atoms with van der Waals surface area (Å²) in [6, 6.07) is 0. The largest absolute Gasteiger partial charge is 0.396 e. The Balaban J connectivity index is 3.62. The predicted octanol–water partition coefficient (Wildman–Crippen LogP) is 0.743. The van der Waals surface area contributed by atoms with Gasteiger partial charge in [-0.25, -0.2) is 8.42 Å². The minimum atomic E-state index is -3.66. The van der Waals surface area contributed by atoms with E-state index in [0.717, 1.165) is 0 Å². The zero-order valence-electron chi connectivity index (χ0n) is 6.50. The summed E-state index contributed by atoms with van der Waals surface area (Å²) in [7, 11) is -3.66. The third-order valence-corrected chi connectivity index (χ3v) is 2.16. The summed E-state index contributed by atoms with van der Waals surface area (Å²) in [6.07, 6.45) is 0.337. The van der Waals surface area contributed by atoms with Crippen LogP contribution in [-0.4, -0.2) is 25.4 Å². The molecule has 6 heteroatoms. The SMILES string of the molecule is O=[SH](=O)C(F)(F)CCCCCO. The maximum absolute atomic E-state index is 12.3. The van der Waals surface area contributed by atoms with Crippen LogP contribution in [0.2, 0.25) is 0 Å². The summed E-state index contributed by atoms with van der Waals surface area (Å²) < 4.78 is 44.5. The van der Waals surface area contributed by atoms with Gasteiger partial charge in [-0.3, -0.25) is 0 Å². The highest BCUT2D eigenvalue weighted by Gasteiger charge is 2.31. The van der Waals surface area contributed by atoms with Gasteiger partial charge in [0.2, 0.25) is 10.7 Å². The van der Waals surface area contributed by atoms with E-state index < -0.39 is 22.4 Å². The van der Waals surface area contributed by atoms with E-state index in [2.05, 4.69) is 0 Å². The molecule has 0 bridgehead atoms. The van der Waals surface area contributed by atoms with Gasteiger partial charge in [0.25, 0.3) is 0 Å². The average Bonchev–Trinajstić information content (AvgIpc) is 1.98. The lowest BCUT2D eigenvalue weighted by atomic mass is 10.2. The Labute approximate surface area is 71.3 Å². The summed E-state index contributed by atoms with van der Waals surface area (Å²) in [5.41, 5.74) is 0. The van der Waals surface area contributed by atoms with Gasteiger partial charge in [0.15, 0.2) is 0 Å². The number of unbranched alkanes of at least 4 members (excludes halogenated alkanes) is 2. The first kappa shape index (κ1) is 11.8. The quantitative estimate of drug-likeness (QED) is 0.493. The molecule has 0 saturated carbocycles. The number of aliphatic hydroxyl groups excluding tert-OH is 1. The molecule has 0 spiro atoms. The van der Waals surface area contributed by atoms with Gasteiger partial charge in [0.1, 0.15) is 0 Å². The van der Waals surface area contributed by atoms with E-state index in [4.69, 9.17) is 5.11 Å². The van der Waals surface area contributed by atoms with Crippen LogP contribution in [0.25, 0.3) is 0 Å². The first-order chi connectivity index (χ1) is 5.50. The van der Waals surface area contributed by atoms with Crippen molar-refractivity contribution in [2.24, 2.45) is 0 Å². The molecular weight excluding hydrogens is 190 g/mol. The number of hydrogen-bond acceptors (Lipinski definition) is 3. The van der Waals surface area contributed by atoms with Crippen molar-refractivity contribution in [2.45, 2.75) is 30.9 Å². The van der Waals surface area contributed by atoms with Crippen LogP contribution in [0.3, 0.4) is 0 Å². The lowest BCUT2D eigenvalue weighted by molar-refractivity contribution is 0.0826. The summed E-state index contributed by atoms with van der Waals surface area (Å²) in [5.74, 6) is 0. The Kier molecular flexibility index (Phi) is 5.32. The van der Waals surface area contributed by atoms with Crippen LogP contribution in [-0.2, 0) is 10.7 Å². The Morgan fingerprint density at radius 1 is 1.17 bits per heavy atom. The second-order valence-electron chi connectivity index (χ2n) is 2.46. The molecule has 74 valence electrons. The fraction of sp³-hybridized carbons (Fsp3) is 1.00. The molecule has 0 aromatic carbocycles. The summed E-state index contributed by atoms with van der Waals surface area (Å²) in [6.45, 7) is -0.0465. The molecule has 0 heterocycles. The average molecular weight is 202 g/mol. The topological polar surface area (TPSA) is 54.4 Å². The van der Waals surface area contributed by atoms with E-state index >= 15 is 0 Å². The number of thiol groups is 1. The maximum Gasteiger partial charge on any atom is 0.343 e. The fourth-order valence-corrected chi connectivity index (χ4v) is 1.06. The zero-order chi connectivity index (χ0) is 9.61. The van der Waals surface area contributed by atoms with Gasteiger partial charge in [-0.2, -0.15) is 8.78 Å². The van der Waals surface area contributed by atoms with Crippen LogP contribution in [0, 0.1) is 0 Å². The first-order valence-corrected chi connectivity index (χ1v) is 4.81. The molecular formula is C6H12F2O3S. The Hall–Kier alpha value is -0.230. The molecule has 0 radical (unpaired) electrons. The molecule has 0 aromatic rings. The number of hydrogen-bond donors (Lipinski definition) is 2. The third-order valence-electron chi connectivity index (χ3n) is 1.40. The molecule has 0 aliphatic rings. The zero-order valence-corrected chi connectivity index (χ0v) is 7.40. The van der Waals surface area contributed by atoms with Crippen molar-refractivity contribution in [3.05, 3.63) is 0 Å². The molecule has 0 atom stereocenters. The van der Waals surface area contributed by atoms with Crippen molar-refractivity contribution in [1.82, 2.24) is 0 Å². The van der Waals surface area contributed by atoms with E-state index in [9.17, 15) is 17.2 Å². The minimum Gasteiger partial charge on any atom is -0.396 e. The van der Waals surface area contributed by atoms with Gasteiger partial charge < -0.3 is 5.11 Å². The van der Waals surface area contributed by atoms with Crippen LogP contribution < -0.4 is 0 Å². The van der Waals surface area contributed by atoms with Crippen LogP contribution in [0.15, 0.2) is 0 Å². The number of aliphatic hydroxyl groups is 1. The highest BCUT2D eigenvalue weighted by atomic mass is 32.2. The van der Waals surface area contributed by atoms with Crippen molar-refractivity contribution < 1.29 is 22.3 Å². The Morgan fingerprint density at radius 3 is 2.17 bits per heavy atom. The first-order valence-electron chi connectivity index (χ1n) is 3.64. The van der Waals surface area contributed by atoms with Crippen molar-refractivity contribution in [1.29, 1.82) is 0 Å². The molecule has 3 nitrogen and oxygen atoms in total. The summed E-state index contributed by atoms with van der Waals surface area (Å²) >= 11 is 0. The number of rotatable bonds is 6. The minimum absolute atomic E-state index is 0.0465. The molecule has 0 saturated heterocycles. The molecule has 0 unspecified atom stereocenters. The Bertz CT molecular complexity index is 183. The molecule has 0 rings (SSSR count). The van der Waals surface area contributed by atoms with E-state index in [1.54, 1.807) is 0 Å². The van der Waals surface area contributed by atoms with Crippen LogP contribution >= 0.6 is 0 Å². The van der Waals surface area contributed by atoms with Gasteiger partial charge in [-0.05, 0) is 12.8 Å². The van der Waals surface area contributed by atoms with Gasteiger partial charge in [-0.15, -0.1) is 0 Å². The van der Waals surface area contributed by atoms with Crippen LogP contribution in [0.1, 0.15) is 25.7 Å². The molecule has 0 aromatic heterocycles. The van der Waals surface area contributed by atoms with Gasteiger partial charge in [-0.1, -0.05) is 6.42 Å². The second kappa shape index (κ2) is 5.42. The van der Waals surface area contributed by atoms with Crippen molar-refractivity contribution in [3.63, 3.8) is 0 Å². The van der Waals surface area contributed by atoms with E-state index in [-0.39, 0.29) is 13.0 Å². The standard InChI is InChI=1S/C6H12F2O3S/c7-6(8,12(10)11)4-2-1-3-5-9/h9,12H,1-5H2.